The normalized spacial score (nSPS) is 15.3. The Morgan fingerprint density at radius 1 is 0.969 bits per heavy atom. The van der Waals surface area contributed by atoms with E-state index in [4.69, 9.17) is 0 Å². The minimum Gasteiger partial charge on any atom is -0.353 e. The smallest absolute Gasteiger partial charge is 0.244 e. The summed E-state index contributed by atoms with van der Waals surface area (Å²) in [6, 6.07) is 25.7. The van der Waals surface area contributed by atoms with E-state index in [1.807, 2.05) is 12.1 Å². The minimum absolute atomic E-state index is 0.0421. The molecule has 0 spiro atoms. The van der Waals surface area contributed by atoms with Gasteiger partial charge in [-0.15, -0.1) is 0 Å². The van der Waals surface area contributed by atoms with Crippen molar-refractivity contribution in [2.75, 3.05) is 19.6 Å². The lowest BCUT2D eigenvalue weighted by molar-refractivity contribution is -0.116. The molecule has 32 heavy (non-hydrogen) atoms. The monoisotopic (exact) mass is 425 g/mol. The van der Waals surface area contributed by atoms with Crippen molar-refractivity contribution in [2.45, 2.75) is 25.3 Å². The Labute approximate surface area is 191 Å². The van der Waals surface area contributed by atoms with E-state index in [1.54, 1.807) is 24.5 Å². The van der Waals surface area contributed by atoms with Crippen molar-refractivity contribution < 1.29 is 4.79 Å². The molecule has 4 rings (SSSR count). The van der Waals surface area contributed by atoms with Crippen molar-refractivity contribution in [3.63, 3.8) is 0 Å². The molecule has 0 atom stereocenters. The number of hydrogen-bond acceptors (Lipinski definition) is 3. The van der Waals surface area contributed by atoms with E-state index in [2.05, 4.69) is 75.9 Å². The summed E-state index contributed by atoms with van der Waals surface area (Å²) in [5.41, 5.74) is 3.64. The van der Waals surface area contributed by atoms with Crippen LogP contribution in [0.3, 0.4) is 0 Å². The van der Waals surface area contributed by atoms with E-state index in [-0.39, 0.29) is 5.91 Å². The number of likely N-dealkylation sites (tertiary alicyclic amines) is 1. The first-order valence-corrected chi connectivity index (χ1v) is 11.5. The lowest BCUT2D eigenvalue weighted by Crippen LogP contribution is -2.38. The average Bonchev–Trinajstić information content (AvgIpc) is 2.86. The predicted octanol–water partition coefficient (Wildman–Crippen LogP) is 5.10. The van der Waals surface area contributed by atoms with E-state index < -0.39 is 0 Å². The molecule has 0 radical (unpaired) electrons. The van der Waals surface area contributed by atoms with E-state index in [0.29, 0.717) is 12.0 Å². The first-order valence-electron chi connectivity index (χ1n) is 11.5. The van der Waals surface area contributed by atoms with Gasteiger partial charge in [-0.05, 0) is 67.1 Å². The van der Waals surface area contributed by atoms with E-state index in [9.17, 15) is 4.79 Å². The summed E-state index contributed by atoms with van der Waals surface area (Å²) in [6.45, 7) is 2.88. The molecule has 0 aliphatic carbocycles. The van der Waals surface area contributed by atoms with Crippen molar-refractivity contribution in [3.05, 3.63) is 108 Å². The lowest BCUT2D eigenvalue weighted by Gasteiger charge is -2.38. The average molecular weight is 426 g/mol. The summed E-state index contributed by atoms with van der Waals surface area (Å²) in [6.07, 6.45) is 10.2. The van der Waals surface area contributed by atoms with Gasteiger partial charge in [0.1, 0.15) is 0 Å². The first-order chi connectivity index (χ1) is 15.8. The molecule has 1 aliphatic heterocycles. The number of benzene rings is 2. The van der Waals surface area contributed by atoms with Gasteiger partial charge >= 0.3 is 0 Å². The molecule has 1 amide bonds. The number of nitrogens with one attached hydrogen (secondary N) is 1. The molecule has 3 aromatic rings. The maximum Gasteiger partial charge on any atom is 0.244 e. The highest BCUT2D eigenvalue weighted by Gasteiger charge is 2.27. The minimum atomic E-state index is -0.0421. The number of carbonyl (C=O) groups excluding carboxylic acids is 1. The SMILES string of the molecule is O=C(C=Cc1cccnc1)NCCC1CCN(C(c2ccccc2)c2ccccc2)CC1. The van der Waals surface area contributed by atoms with E-state index in [1.165, 1.54) is 11.1 Å². The van der Waals surface area contributed by atoms with Gasteiger partial charge in [0.05, 0.1) is 6.04 Å². The predicted molar refractivity (Wildman–Crippen MR) is 130 cm³/mol. The van der Waals surface area contributed by atoms with Crippen LogP contribution in [0.1, 0.15) is 42.0 Å². The molecular weight excluding hydrogens is 394 g/mol. The second kappa shape index (κ2) is 11.4. The topological polar surface area (TPSA) is 45.2 Å². The highest BCUT2D eigenvalue weighted by molar-refractivity contribution is 5.91. The Balaban J connectivity index is 1.27. The molecule has 4 heteroatoms. The zero-order valence-corrected chi connectivity index (χ0v) is 18.4. The molecule has 164 valence electrons. The largest absolute Gasteiger partial charge is 0.353 e. The van der Waals surface area contributed by atoms with Crippen LogP contribution in [0.25, 0.3) is 6.08 Å². The van der Waals surface area contributed by atoms with Gasteiger partial charge in [-0.2, -0.15) is 0 Å². The molecule has 1 fully saturated rings. The summed E-state index contributed by atoms with van der Waals surface area (Å²) in [5.74, 6) is 0.612. The Bertz CT molecular complexity index is 941. The molecule has 2 aromatic carbocycles. The highest BCUT2D eigenvalue weighted by Crippen LogP contribution is 2.32. The third-order valence-electron chi connectivity index (χ3n) is 6.21. The highest BCUT2D eigenvalue weighted by atomic mass is 16.1. The number of aromatic nitrogens is 1. The van der Waals surface area contributed by atoms with Crippen LogP contribution in [0, 0.1) is 5.92 Å². The van der Waals surface area contributed by atoms with Crippen LogP contribution in [0.5, 0.6) is 0 Å². The first kappa shape index (κ1) is 22.0. The maximum atomic E-state index is 12.1. The fourth-order valence-corrected chi connectivity index (χ4v) is 4.49. The summed E-state index contributed by atoms with van der Waals surface area (Å²) in [5, 5.41) is 3.03. The van der Waals surface area contributed by atoms with E-state index >= 15 is 0 Å². The lowest BCUT2D eigenvalue weighted by atomic mass is 9.89. The van der Waals surface area contributed by atoms with Crippen LogP contribution in [0.2, 0.25) is 0 Å². The van der Waals surface area contributed by atoms with Gasteiger partial charge in [0.15, 0.2) is 0 Å². The van der Waals surface area contributed by atoms with Crippen molar-refractivity contribution >= 4 is 12.0 Å². The third-order valence-corrected chi connectivity index (χ3v) is 6.21. The van der Waals surface area contributed by atoms with Gasteiger partial charge in [0.2, 0.25) is 5.91 Å². The summed E-state index contributed by atoms with van der Waals surface area (Å²) in [4.78, 5) is 18.8. The Hall–Kier alpha value is -3.24. The Kier molecular flexibility index (Phi) is 7.83. The Morgan fingerprint density at radius 2 is 1.62 bits per heavy atom. The zero-order chi connectivity index (χ0) is 22.0. The van der Waals surface area contributed by atoms with Crippen LogP contribution in [0.4, 0.5) is 0 Å². The second-order valence-corrected chi connectivity index (χ2v) is 8.40. The Morgan fingerprint density at radius 3 is 2.22 bits per heavy atom. The van der Waals surface area contributed by atoms with Crippen molar-refractivity contribution in [3.8, 4) is 0 Å². The molecule has 1 aliphatic rings. The number of rotatable bonds is 8. The van der Waals surface area contributed by atoms with Gasteiger partial charge in [0, 0.05) is 25.0 Å². The number of carbonyl (C=O) groups is 1. The number of pyridine rings is 1. The van der Waals surface area contributed by atoms with Gasteiger partial charge < -0.3 is 5.32 Å². The molecule has 1 saturated heterocycles. The van der Waals surface area contributed by atoms with Crippen molar-refractivity contribution in [2.24, 2.45) is 5.92 Å². The second-order valence-electron chi connectivity index (χ2n) is 8.40. The zero-order valence-electron chi connectivity index (χ0n) is 18.4. The number of hydrogen-bond donors (Lipinski definition) is 1. The van der Waals surface area contributed by atoms with Gasteiger partial charge in [-0.1, -0.05) is 66.7 Å². The number of amides is 1. The van der Waals surface area contributed by atoms with Crippen LogP contribution in [-0.4, -0.2) is 35.4 Å². The standard InChI is InChI=1S/C28H31N3O/c32-27(14-13-24-8-7-18-29-22-24)30-19-15-23-16-20-31(21-17-23)28(25-9-3-1-4-10-25)26-11-5-2-6-12-26/h1-14,18,22-23,28H,15-17,19-21H2,(H,30,32). The van der Waals surface area contributed by atoms with Crippen molar-refractivity contribution in [1.29, 1.82) is 0 Å². The number of piperidine rings is 1. The summed E-state index contributed by atoms with van der Waals surface area (Å²) in [7, 11) is 0. The molecule has 1 N–H and O–H groups in total. The summed E-state index contributed by atoms with van der Waals surface area (Å²) >= 11 is 0. The van der Waals surface area contributed by atoms with Crippen LogP contribution in [0.15, 0.2) is 91.3 Å². The van der Waals surface area contributed by atoms with Gasteiger partial charge in [-0.25, -0.2) is 0 Å². The molecule has 2 heterocycles. The van der Waals surface area contributed by atoms with Crippen molar-refractivity contribution in [1.82, 2.24) is 15.2 Å². The van der Waals surface area contributed by atoms with E-state index in [0.717, 1.165) is 44.5 Å². The van der Waals surface area contributed by atoms with Crippen LogP contribution < -0.4 is 5.32 Å². The molecule has 0 saturated carbocycles. The molecular formula is C28H31N3O. The fourth-order valence-electron chi connectivity index (χ4n) is 4.49. The molecule has 0 unspecified atom stereocenters. The molecule has 1 aromatic heterocycles. The van der Waals surface area contributed by atoms with Gasteiger partial charge in [-0.3, -0.25) is 14.7 Å². The van der Waals surface area contributed by atoms with Crippen LogP contribution in [-0.2, 0) is 4.79 Å². The quantitative estimate of drug-likeness (QED) is 0.511. The maximum absolute atomic E-state index is 12.1. The van der Waals surface area contributed by atoms with Crippen LogP contribution >= 0.6 is 0 Å². The van der Waals surface area contributed by atoms with Gasteiger partial charge in [0.25, 0.3) is 0 Å². The molecule has 0 bridgehead atoms. The summed E-state index contributed by atoms with van der Waals surface area (Å²) < 4.78 is 0. The fraction of sp³-hybridized carbons (Fsp3) is 0.286. The molecule has 4 nitrogen and oxygen atoms in total. The third kappa shape index (κ3) is 6.14. The number of nitrogens with zero attached hydrogens (tertiary/aromatic N) is 2.